The summed E-state index contributed by atoms with van der Waals surface area (Å²) in [4.78, 5) is 24.0. The number of amides is 1. The van der Waals surface area contributed by atoms with Crippen LogP contribution in [0.15, 0.2) is 54.6 Å². The van der Waals surface area contributed by atoms with Gasteiger partial charge in [0, 0.05) is 11.4 Å². The molecule has 3 aromatic rings. The van der Waals surface area contributed by atoms with E-state index in [1.165, 1.54) is 25.3 Å². The van der Waals surface area contributed by atoms with Crippen molar-refractivity contribution in [1.29, 1.82) is 0 Å². The van der Waals surface area contributed by atoms with E-state index >= 15 is 0 Å². The van der Waals surface area contributed by atoms with Gasteiger partial charge >= 0.3 is 5.97 Å². The molecule has 0 unspecified atom stereocenters. The largest absolute Gasteiger partial charge is 0.465 e. The molecule has 0 bridgehead atoms. The van der Waals surface area contributed by atoms with Gasteiger partial charge in [-0.15, -0.1) is 0 Å². The van der Waals surface area contributed by atoms with E-state index in [0.29, 0.717) is 16.9 Å². The summed E-state index contributed by atoms with van der Waals surface area (Å²) in [5, 5.41) is 6.97. The predicted octanol–water partition coefficient (Wildman–Crippen LogP) is 3.36. The summed E-state index contributed by atoms with van der Waals surface area (Å²) >= 11 is 0. The Balaban J connectivity index is 1.82. The van der Waals surface area contributed by atoms with E-state index in [4.69, 9.17) is 0 Å². The van der Waals surface area contributed by atoms with E-state index < -0.39 is 11.9 Å². The smallest absolute Gasteiger partial charge is 0.337 e. The molecule has 0 saturated carbocycles. The number of benzene rings is 2. The first-order valence-electron chi connectivity index (χ1n) is 7.80. The molecule has 1 N–H and O–H groups in total. The Hall–Kier alpha value is -3.48. The van der Waals surface area contributed by atoms with Crippen molar-refractivity contribution in [2.24, 2.45) is 0 Å². The van der Waals surface area contributed by atoms with Crippen molar-refractivity contribution in [3.05, 3.63) is 77.4 Å². The fourth-order valence-electron chi connectivity index (χ4n) is 2.47. The minimum absolute atomic E-state index is 0.204. The van der Waals surface area contributed by atoms with Gasteiger partial charge in [-0.1, -0.05) is 6.07 Å². The zero-order valence-corrected chi connectivity index (χ0v) is 14.2. The molecule has 6 nitrogen and oxygen atoms in total. The molecule has 0 aliphatic heterocycles. The lowest BCUT2D eigenvalue weighted by atomic mass is 10.2. The molecule has 1 amide bonds. The van der Waals surface area contributed by atoms with Gasteiger partial charge in [-0.05, 0) is 55.5 Å². The highest BCUT2D eigenvalue weighted by molar-refractivity contribution is 6.03. The summed E-state index contributed by atoms with van der Waals surface area (Å²) in [6.45, 7) is 1.80. The van der Waals surface area contributed by atoms with Crippen molar-refractivity contribution in [1.82, 2.24) is 9.78 Å². The van der Waals surface area contributed by atoms with Gasteiger partial charge in [0.15, 0.2) is 5.69 Å². The molecule has 26 heavy (non-hydrogen) atoms. The number of esters is 1. The van der Waals surface area contributed by atoms with Crippen LogP contribution in [-0.2, 0) is 4.74 Å². The number of halogens is 1. The lowest BCUT2D eigenvalue weighted by molar-refractivity contribution is 0.0600. The van der Waals surface area contributed by atoms with Crippen LogP contribution in [0, 0.1) is 12.7 Å². The molecule has 0 saturated heterocycles. The van der Waals surface area contributed by atoms with E-state index in [9.17, 15) is 14.0 Å². The number of nitrogens with zero attached hydrogens (tertiary/aromatic N) is 2. The SMILES string of the molecule is COC(=O)c1cccc(NC(=O)c2cc(C)n(-c3ccc(F)cc3)n2)c1. The Morgan fingerprint density at radius 2 is 1.85 bits per heavy atom. The number of carbonyl (C=O) groups is 2. The van der Waals surface area contributed by atoms with Gasteiger partial charge in [-0.2, -0.15) is 5.10 Å². The molecule has 2 aromatic carbocycles. The van der Waals surface area contributed by atoms with Crippen molar-refractivity contribution in [3.8, 4) is 5.69 Å². The Bertz CT molecular complexity index is 964. The second-order valence-corrected chi connectivity index (χ2v) is 5.59. The van der Waals surface area contributed by atoms with E-state index in [0.717, 1.165) is 5.69 Å². The minimum Gasteiger partial charge on any atom is -0.465 e. The maximum atomic E-state index is 13.1. The van der Waals surface area contributed by atoms with Crippen molar-refractivity contribution in [2.45, 2.75) is 6.92 Å². The highest BCUT2D eigenvalue weighted by atomic mass is 19.1. The Kier molecular flexibility index (Phi) is 4.79. The van der Waals surface area contributed by atoms with Crippen LogP contribution < -0.4 is 5.32 Å². The van der Waals surface area contributed by atoms with Crippen LogP contribution in [0.4, 0.5) is 10.1 Å². The lowest BCUT2D eigenvalue weighted by Gasteiger charge is -2.05. The number of hydrogen-bond donors (Lipinski definition) is 1. The molecule has 1 heterocycles. The molecular formula is C19H16FN3O3. The van der Waals surface area contributed by atoms with Crippen molar-refractivity contribution in [3.63, 3.8) is 0 Å². The zero-order chi connectivity index (χ0) is 18.7. The second kappa shape index (κ2) is 7.18. The second-order valence-electron chi connectivity index (χ2n) is 5.59. The number of hydrogen-bond acceptors (Lipinski definition) is 4. The lowest BCUT2D eigenvalue weighted by Crippen LogP contribution is -2.14. The van der Waals surface area contributed by atoms with E-state index in [-0.39, 0.29) is 11.5 Å². The third kappa shape index (κ3) is 3.61. The van der Waals surface area contributed by atoms with Gasteiger partial charge in [-0.25, -0.2) is 13.9 Å². The van der Waals surface area contributed by atoms with Gasteiger partial charge < -0.3 is 10.1 Å². The summed E-state index contributed by atoms with van der Waals surface area (Å²) in [6, 6.07) is 13.9. The molecule has 3 rings (SSSR count). The van der Waals surface area contributed by atoms with Crippen molar-refractivity contribution in [2.75, 3.05) is 12.4 Å². The van der Waals surface area contributed by atoms with Crippen LogP contribution in [0.1, 0.15) is 26.5 Å². The Morgan fingerprint density at radius 1 is 1.12 bits per heavy atom. The topological polar surface area (TPSA) is 73.2 Å². The van der Waals surface area contributed by atoms with E-state index in [1.54, 1.807) is 48.0 Å². The van der Waals surface area contributed by atoms with Crippen LogP contribution in [0.2, 0.25) is 0 Å². The van der Waals surface area contributed by atoms with Crippen molar-refractivity contribution < 1.29 is 18.7 Å². The first kappa shape index (κ1) is 17.3. The summed E-state index contributed by atoms with van der Waals surface area (Å²) < 4.78 is 19.3. The third-order valence-corrected chi connectivity index (χ3v) is 3.73. The number of aryl methyl sites for hydroxylation is 1. The molecule has 132 valence electrons. The maximum Gasteiger partial charge on any atom is 0.337 e. The quantitative estimate of drug-likeness (QED) is 0.730. The predicted molar refractivity (Wildman–Crippen MR) is 94.0 cm³/mol. The number of rotatable bonds is 4. The van der Waals surface area contributed by atoms with E-state index in [1.807, 2.05) is 0 Å². The fraction of sp³-hybridized carbons (Fsp3) is 0.105. The van der Waals surface area contributed by atoms with Crippen LogP contribution in [-0.4, -0.2) is 28.8 Å². The highest BCUT2D eigenvalue weighted by Gasteiger charge is 2.14. The molecule has 0 fully saturated rings. The maximum absolute atomic E-state index is 13.1. The van der Waals surface area contributed by atoms with Gasteiger partial charge in [-0.3, -0.25) is 4.79 Å². The standard InChI is InChI=1S/C19H16FN3O3/c1-12-10-17(22-23(12)16-8-6-14(20)7-9-16)18(24)21-15-5-3-4-13(11-15)19(25)26-2/h3-11H,1-2H3,(H,21,24). The number of methoxy groups -OCH3 is 1. The molecule has 0 aliphatic carbocycles. The first-order valence-corrected chi connectivity index (χ1v) is 7.80. The molecule has 0 atom stereocenters. The zero-order valence-electron chi connectivity index (χ0n) is 14.2. The van der Waals surface area contributed by atoms with Crippen LogP contribution in [0.5, 0.6) is 0 Å². The molecule has 1 aromatic heterocycles. The Morgan fingerprint density at radius 3 is 2.54 bits per heavy atom. The number of nitrogens with one attached hydrogen (secondary N) is 1. The van der Waals surface area contributed by atoms with E-state index in [2.05, 4.69) is 15.2 Å². The highest BCUT2D eigenvalue weighted by Crippen LogP contribution is 2.16. The van der Waals surface area contributed by atoms with Gasteiger partial charge in [0.1, 0.15) is 5.82 Å². The van der Waals surface area contributed by atoms with Crippen LogP contribution >= 0.6 is 0 Å². The van der Waals surface area contributed by atoms with Crippen molar-refractivity contribution >= 4 is 17.6 Å². The average molecular weight is 353 g/mol. The third-order valence-electron chi connectivity index (χ3n) is 3.73. The van der Waals surface area contributed by atoms with Crippen LogP contribution in [0.3, 0.4) is 0 Å². The first-order chi connectivity index (χ1) is 12.5. The average Bonchev–Trinajstić information content (AvgIpc) is 3.04. The summed E-state index contributed by atoms with van der Waals surface area (Å²) in [6.07, 6.45) is 0. The molecular weight excluding hydrogens is 337 g/mol. The Labute approximate surface area is 149 Å². The van der Waals surface area contributed by atoms with Gasteiger partial charge in [0.2, 0.25) is 0 Å². The number of ether oxygens (including phenoxy) is 1. The number of anilines is 1. The molecule has 0 spiro atoms. The van der Waals surface area contributed by atoms with Crippen LogP contribution in [0.25, 0.3) is 5.69 Å². The molecule has 7 heteroatoms. The van der Waals surface area contributed by atoms with Gasteiger partial charge in [0.05, 0.1) is 18.4 Å². The fourth-order valence-corrected chi connectivity index (χ4v) is 2.47. The normalized spacial score (nSPS) is 10.4. The summed E-state index contributed by atoms with van der Waals surface area (Å²) in [7, 11) is 1.29. The monoisotopic (exact) mass is 353 g/mol. The number of aromatic nitrogens is 2. The number of carbonyl (C=O) groups excluding carboxylic acids is 2. The molecule has 0 aliphatic rings. The summed E-state index contributed by atoms with van der Waals surface area (Å²) in [5.41, 5.74) is 2.36. The molecule has 0 radical (unpaired) electrons. The van der Waals surface area contributed by atoms with Gasteiger partial charge in [0.25, 0.3) is 5.91 Å². The summed E-state index contributed by atoms with van der Waals surface area (Å²) in [5.74, 6) is -1.25. The minimum atomic E-state index is -0.488.